The lowest BCUT2D eigenvalue weighted by Crippen LogP contribution is -2.16. The molecule has 0 atom stereocenters. The Morgan fingerprint density at radius 2 is 0.964 bits per heavy atom. The van der Waals surface area contributed by atoms with Crippen LogP contribution in [-0.4, -0.2) is 0 Å². The van der Waals surface area contributed by atoms with E-state index in [1.54, 1.807) is 0 Å². The highest BCUT2D eigenvalue weighted by atomic mass is 16.3. The topological polar surface area (TPSA) is 16.4 Å². The molecule has 56 heavy (non-hydrogen) atoms. The van der Waals surface area contributed by atoms with Gasteiger partial charge in [-0.05, 0) is 104 Å². The summed E-state index contributed by atoms with van der Waals surface area (Å²) in [4.78, 5) is 2.48. The van der Waals surface area contributed by atoms with Crippen LogP contribution in [0.3, 0.4) is 0 Å². The molecule has 0 saturated carbocycles. The number of para-hydroxylation sites is 2. The van der Waals surface area contributed by atoms with E-state index in [-0.39, 0.29) is 10.8 Å². The molecule has 8 aromatic carbocycles. The van der Waals surface area contributed by atoms with Gasteiger partial charge in [0, 0.05) is 38.5 Å². The summed E-state index contributed by atoms with van der Waals surface area (Å²) in [5, 5.41) is 2.27. The van der Waals surface area contributed by atoms with Gasteiger partial charge in [0.15, 0.2) is 0 Å². The first kappa shape index (κ1) is 32.8. The van der Waals surface area contributed by atoms with E-state index in [1.807, 2.05) is 6.07 Å². The fourth-order valence-corrected chi connectivity index (χ4v) is 9.98. The number of anilines is 3. The molecule has 11 rings (SSSR count). The van der Waals surface area contributed by atoms with E-state index in [9.17, 15) is 0 Å². The zero-order valence-electron chi connectivity index (χ0n) is 32.1. The molecule has 0 N–H and O–H groups in total. The van der Waals surface area contributed by atoms with Gasteiger partial charge in [-0.25, -0.2) is 0 Å². The van der Waals surface area contributed by atoms with Crippen LogP contribution in [0.5, 0.6) is 0 Å². The van der Waals surface area contributed by atoms with Crippen molar-refractivity contribution < 1.29 is 4.42 Å². The van der Waals surface area contributed by atoms with Gasteiger partial charge in [0.2, 0.25) is 0 Å². The summed E-state index contributed by atoms with van der Waals surface area (Å²) >= 11 is 0. The molecule has 1 aromatic heterocycles. The summed E-state index contributed by atoms with van der Waals surface area (Å²) in [5.41, 5.74) is 20.5. The van der Waals surface area contributed by atoms with Gasteiger partial charge in [-0.1, -0.05) is 161 Å². The van der Waals surface area contributed by atoms with Crippen LogP contribution >= 0.6 is 0 Å². The molecule has 0 saturated heterocycles. The number of benzene rings is 8. The van der Waals surface area contributed by atoms with Crippen molar-refractivity contribution in [2.75, 3.05) is 4.90 Å². The molecule has 2 nitrogen and oxygen atoms in total. The number of nitrogens with zero attached hydrogens (tertiary/aromatic N) is 1. The Morgan fingerprint density at radius 3 is 1.82 bits per heavy atom. The Balaban J connectivity index is 1.16. The van der Waals surface area contributed by atoms with Crippen molar-refractivity contribution >= 4 is 39.0 Å². The molecule has 9 aromatic rings. The number of hydrogen-bond donors (Lipinski definition) is 0. The molecular formula is C54H41NO. The largest absolute Gasteiger partial charge is 0.456 e. The Kier molecular flexibility index (Phi) is 6.98. The third-order valence-electron chi connectivity index (χ3n) is 12.7. The summed E-state index contributed by atoms with van der Waals surface area (Å²) in [6, 6.07) is 64.6. The minimum absolute atomic E-state index is 0.0794. The van der Waals surface area contributed by atoms with Crippen LogP contribution < -0.4 is 4.90 Å². The van der Waals surface area contributed by atoms with Crippen LogP contribution in [0.1, 0.15) is 49.9 Å². The average molecular weight is 720 g/mol. The Labute approximate surface area is 328 Å². The first-order chi connectivity index (χ1) is 27.3. The minimum Gasteiger partial charge on any atom is -0.456 e. The van der Waals surface area contributed by atoms with Crippen molar-refractivity contribution in [3.63, 3.8) is 0 Å². The van der Waals surface area contributed by atoms with Gasteiger partial charge in [-0.15, -0.1) is 0 Å². The Bertz CT molecular complexity index is 3050. The number of fused-ring (bicyclic) bond motifs is 9. The molecular weight excluding hydrogens is 679 g/mol. The molecule has 0 bridgehead atoms. The van der Waals surface area contributed by atoms with E-state index < -0.39 is 0 Å². The van der Waals surface area contributed by atoms with Gasteiger partial charge in [-0.3, -0.25) is 0 Å². The standard InChI is InChI=1S/C54H41NO/c1-53(2)44-24-9-5-18-38(44)43-33-36(30-31-46(43)53)55(35-17-13-16-34(32-35)37-22-15-29-50-52(37)42-21-8-12-28-49(42)56-50)48-27-11-7-19-39(48)40-23-14-26-47-51(40)41-20-6-10-25-45(41)54(47,3)4/h5-33H,1-4H3. The molecule has 0 unspecified atom stereocenters. The molecule has 0 fully saturated rings. The van der Waals surface area contributed by atoms with Gasteiger partial charge in [-0.2, -0.15) is 0 Å². The smallest absolute Gasteiger partial charge is 0.136 e. The number of rotatable bonds is 5. The fraction of sp³-hybridized carbons (Fsp3) is 0.111. The van der Waals surface area contributed by atoms with Crippen molar-refractivity contribution in [1.29, 1.82) is 0 Å². The minimum atomic E-state index is -0.0939. The highest BCUT2D eigenvalue weighted by Gasteiger charge is 2.38. The zero-order chi connectivity index (χ0) is 37.8. The van der Waals surface area contributed by atoms with Crippen LogP contribution in [0, 0.1) is 0 Å². The van der Waals surface area contributed by atoms with Crippen molar-refractivity contribution in [3.05, 3.63) is 198 Å². The molecule has 2 heteroatoms. The highest BCUT2D eigenvalue weighted by molar-refractivity contribution is 6.12. The number of furan rings is 1. The lowest BCUT2D eigenvalue weighted by atomic mass is 9.82. The number of hydrogen-bond acceptors (Lipinski definition) is 2. The quantitative estimate of drug-likeness (QED) is 0.176. The predicted molar refractivity (Wildman–Crippen MR) is 234 cm³/mol. The van der Waals surface area contributed by atoms with Crippen molar-refractivity contribution in [2.45, 2.75) is 38.5 Å². The predicted octanol–water partition coefficient (Wildman–Crippen LogP) is 15.0. The van der Waals surface area contributed by atoms with Crippen molar-refractivity contribution in [1.82, 2.24) is 0 Å². The van der Waals surface area contributed by atoms with Crippen LogP contribution in [0.25, 0.3) is 66.4 Å². The summed E-state index contributed by atoms with van der Waals surface area (Å²) in [6.07, 6.45) is 0. The Hall–Kier alpha value is -6.64. The van der Waals surface area contributed by atoms with E-state index in [0.717, 1.165) is 50.1 Å². The SMILES string of the molecule is CC1(C)c2ccccc2-c2cc(N(c3cccc(-c4cccc5oc6ccccc6c45)c3)c3ccccc3-c3cccc4c3-c3ccccc3C4(C)C)ccc21. The van der Waals surface area contributed by atoms with Gasteiger partial charge in [0.05, 0.1) is 5.69 Å². The molecule has 0 aliphatic heterocycles. The second-order valence-electron chi connectivity index (χ2n) is 16.5. The molecule has 2 aliphatic carbocycles. The summed E-state index contributed by atoms with van der Waals surface area (Å²) in [5.74, 6) is 0. The lowest BCUT2D eigenvalue weighted by molar-refractivity contribution is 0.660. The van der Waals surface area contributed by atoms with Crippen LogP contribution in [0.4, 0.5) is 17.1 Å². The van der Waals surface area contributed by atoms with Gasteiger partial charge in [0.1, 0.15) is 11.2 Å². The molecule has 0 radical (unpaired) electrons. The summed E-state index contributed by atoms with van der Waals surface area (Å²) in [6.45, 7) is 9.42. The van der Waals surface area contributed by atoms with Gasteiger partial charge in [0.25, 0.3) is 0 Å². The third kappa shape index (κ3) is 4.62. The molecule has 0 amide bonds. The summed E-state index contributed by atoms with van der Waals surface area (Å²) < 4.78 is 6.35. The monoisotopic (exact) mass is 719 g/mol. The first-order valence-corrected chi connectivity index (χ1v) is 19.7. The van der Waals surface area contributed by atoms with E-state index in [4.69, 9.17) is 4.42 Å². The molecule has 2 aliphatic rings. The van der Waals surface area contributed by atoms with Gasteiger partial charge >= 0.3 is 0 Å². The normalized spacial score (nSPS) is 14.4. The maximum absolute atomic E-state index is 6.35. The zero-order valence-corrected chi connectivity index (χ0v) is 32.1. The highest BCUT2D eigenvalue weighted by Crippen LogP contribution is 2.55. The maximum Gasteiger partial charge on any atom is 0.136 e. The average Bonchev–Trinajstić information content (AvgIpc) is 3.81. The second kappa shape index (κ2) is 11.9. The van der Waals surface area contributed by atoms with Crippen LogP contribution in [-0.2, 0) is 10.8 Å². The first-order valence-electron chi connectivity index (χ1n) is 19.7. The maximum atomic E-state index is 6.35. The third-order valence-corrected chi connectivity index (χ3v) is 12.7. The molecule has 0 spiro atoms. The van der Waals surface area contributed by atoms with E-state index >= 15 is 0 Å². The van der Waals surface area contributed by atoms with E-state index in [2.05, 4.69) is 202 Å². The molecule has 268 valence electrons. The van der Waals surface area contributed by atoms with E-state index in [0.29, 0.717) is 0 Å². The second-order valence-corrected chi connectivity index (χ2v) is 16.5. The van der Waals surface area contributed by atoms with E-state index in [1.165, 1.54) is 55.6 Å². The van der Waals surface area contributed by atoms with Crippen LogP contribution in [0.2, 0.25) is 0 Å². The van der Waals surface area contributed by atoms with Crippen molar-refractivity contribution in [3.8, 4) is 44.5 Å². The lowest BCUT2D eigenvalue weighted by Gasteiger charge is -2.30. The van der Waals surface area contributed by atoms with Crippen LogP contribution in [0.15, 0.2) is 180 Å². The molecule has 1 heterocycles. The van der Waals surface area contributed by atoms with Crippen molar-refractivity contribution in [2.24, 2.45) is 0 Å². The summed E-state index contributed by atoms with van der Waals surface area (Å²) in [7, 11) is 0. The fourth-order valence-electron chi connectivity index (χ4n) is 9.98. The van der Waals surface area contributed by atoms with Gasteiger partial charge < -0.3 is 9.32 Å². The Morgan fingerprint density at radius 1 is 0.393 bits per heavy atom.